The smallest absolute Gasteiger partial charge is 0.421 e. The Bertz CT molecular complexity index is 553. The molecule has 0 N–H and O–H groups in total. The van der Waals surface area contributed by atoms with E-state index in [1.54, 1.807) is 0 Å². The van der Waals surface area contributed by atoms with E-state index in [1.165, 1.54) is 51.7 Å². The number of likely N-dealkylation sites (tertiary alicyclic amines) is 1. The molecule has 0 bridgehead atoms. The number of rotatable bonds is 5. The Morgan fingerprint density at radius 1 is 0.840 bits per heavy atom. The van der Waals surface area contributed by atoms with E-state index in [1.807, 2.05) is 0 Å². The summed E-state index contributed by atoms with van der Waals surface area (Å²) >= 11 is 0. The predicted octanol–water partition coefficient (Wildman–Crippen LogP) is 3.33. The van der Waals surface area contributed by atoms with Crippen LogP contribution in [0, 0.1) is 0 Å². The Morgan fingerprint density at radius 2 is 1.24 bits per heavy atom. The van der Waals surface area contributed by atoms with Crippen molar-refractivity contribution in [1.82, 2.24) is 4.90 Å². The van der Waals surface area contributed by atoms with Gasteiger partial charge < -0.3 is 9.03 Å². The first-order chi connectivity index (χ1) is 11.1. The zero-order valence-electron chi connectivity index (χ0n) is 13.3. The van der Waals surface area contributed by atoms with Crippen molar-refractivity contribution in [3.63, 3.8) is 0 Å². The Balaban J connectivity index is 0.000000496. The Morgan fingerprint density at radius 3 is 1.56 bits per heavy atom. The van der Waals surface area contributed by atoms with Gasteiger partial charge in [-0.05, 0) is 38.9 Å². The number of sulfonamides is 2. The van der Waals surface area contributed by atoms with Crippen LogP contribution in [-0.2, 0) is 20.0 Å². The van der Waals surface area contributed by atoms with Gasteiger partial charge in [-0.25, -0.2) is 16.8 Å². The van der Waals surface area contributed by atoms with E-state index in [0.29, 0.717) is 0 Å². The molecule has 1 aliphatic rings. The number of nitrogens with zero attached hydrogens (tertiary/aromatic N) is 2. The maximum absolute atomic E-state index is 11.4. The van der Waals surface area contributed by atoms with Crippen LogP contribution in [0.4, 0.5) is 26.3 Å². The van der Waals surface area contributed by atoms with Crippen LogP contribution < -0.4 is 0 Å². The summed E-state index contributed by atoms with van der Waals surface area (Å²) in [5, 5.41) is 0. The van der Waals surface area contributed by atoms with Gasteiger partial charge in [-0.15, -0.1) is 0 Å². The standard InChI is InChI=1S/C9H19N.C2F6NO4S2/c1-2-3-7-10-8-5-4-6-9-10;3-1(4,5)14(10,11)9-15(12,13)2(6,7)8/h2-9H2,1H3;/q;-1. The van der Waals surface area contributed by atoms with Gasteiger partial charge in [0, 0.05) is 0 Å². The average molecular weight is 421 g/mol. The normalized spacial score (nSPS) is 17.7. The molecule has 1 aliphatic heterocycles. The molecular formula is C11H19F6N2O4S2-. The van der Waals surface area contributed by atoms with E-state index in [-0.39, 0.29) is 0 Å². The molecule has 1 heterocycles. The summed E-state index contributed by atoms with van der Waals surface area (Å²) in [4.78, 5) is 2.60. The molecule has 0 aromatic rings. The van der Waals surface area contributed by atoms with Gasteiger partial charge in [-0.1, -0.05) is 19.8 Å². The molecule has 14 heteroatoms. The van der Waals surface area contributed by atoms with Crippen molar-refractivity contribution in [2.45, 2.75) is 50.0 Å². The van der Waals surface area contributed by atoms with Gasteiger partial charge >= 0.3 is 11.0 Å². The predicted molar refractivity (Wildman–Crippen MR) is 78.5 cm³/mol. The summed E-state index contributed by atoms with van der Waals surface area (Å²) in [6, 6.07) is 0. The molecule has 0 radical (unpaired) electrons. The summed E-state index contributed by atoms with van der Waals surface area (Å²) in [6.07, 6.45) is 7.06. The first-order valence-electron chi connectivity index (χ1n) is 7.23. The molecule has 0 aliphatic carbocycles. The number of hydrogen-bond acceptors (Lipinski definition) is 5. The second-order valence-electron chi connectivity index (χ2n) is 5.17. The summed E-state index contributed by atoms with van der Waals surface area (Å²) in [7, 11) is -13.4. The lowest BCUT2D eigenvalue weighted by Gasteiger charge is -2.25. The fourth-order valence-electron chi connectivity index (χ4n) is 1.78. The maximum atomic E-state index is 11.4. The highest BCUT2D eigenvalue weighted by Gasteiger charge is 2.46. The highest BCUT2D eigenvalue weighted by molar-refractivity contribution is 8.13. The topological polar surface area (TPSA) is 85.6 Å². The number of alkyl halides is 6. The van der Waals surface area contributed by atoms with Gasteiger partial charge in [0.15, 0.2) is 20.0 Å². The molecule has 0 amide bonds. The second-order valence-corrected chi connectivity index (χ2v) is 8.59. The number of hydrogen-bond donors (Lipinski definition) is 0. The zero-order valence-corrected chi connectivity index (χ0v) is 14.9. The van der Waals surface area contributed by atoms with Crippen LogP contribution in [0.25, 0.3) is 4.13 Å². The Kier molecular flexibility index (Phi) is 9.14. The van der Waals surface area contributed by atoms with Crippen LogP contribution in [0.3, 0.4) is 0 Å². The fourth-order valence-corrected chi connectivity index (χ4v) is 3.49. The van der Waals surface area contributed by atoms with Gasteiger partial charge in [0.1, 0.15) is 0 Å². The van der Waals surface area contributed by atoms with Crippen molar-refractivity contribution < 1.29 is 43.2 Å². The minimum Gasteiger partial charge on any atom is -0.421 e. The molecule has 0 aromatic carbocycles. The van der Waals surface area contributed by atoms with Crippen LogP contribution in [0.5, 0.6) is 0 Å². The molecule has 0 aromatic heterocycles. The minimum atomic E-state index is -6.72. The van der Waals surface area contributed by atoms with E-state index in [0.717, 1.165) is 4.13 Å². The lowest BCUT2D eigenvalue weighted by atomic mass is 10.1. The summed E-state index contributed by atoms with van der Waals surface area (Å²) in [6.45, 7) is 6.33. The van der Waals surface area contributed by atoms with E-state index < -0.39 is 31.1 Å². The van der Waals surface area contributed by atoms with Gasteiger partial charge in [-0.2, -0.15) is 26.3 Å². The number of piperidine rings is 1. The van der Waals surface area contributed by atoms with Crippen LogP contribution in [0.1, 0.15) is 39.0 Å². The minimum absolute atomic E-state index is 0.778. The molecule has 0 saturated carbocycles. The van der Waals surface area contributed by atoms with Gasteiger partial charge in [0.25, 0.3) is 0 Å². The van der Waals surface area contributed by atoms with E-state index in [9.17, 15) is 43.2 Å². The zero-order chi connectivity index (χ0) is 19.9. The summed E-state index contributed by atoms with van der Waals surface area (Å²) < 4.78 is 109. The summed E-state index contributed by atoms with van der Waals surface area (Å²) in [5.41, 5.74) is -12.4. The van der Waals surface area contributed by atoms with Gasteiger partial charge in [-0.3, -0.25) is 0 Å². The highest BCUT2D eigenvalue weighted by Crippen LogP contribution is 2.36. The Labute approximate surface area is 142 Å². The molecule has 152 valence electrons. The molecule has 25 heavy (non-hydrogen) atoms. The SMILES string of the molecule is CCCCN1CCCCC1.O=S(=O)([N-]S(=O)(=O)C(F)(F)F)C(F)(F)F. The third-order valence-electron chi connectivity index (χ3n) is 3.06. The van der Waals surface area contributed by atoms with Crippen molar-refractivity contribution in [3.8, 4) is 0 Å². The lowest BCUT2D eigenvalue weighted by Crippen LogP contribution is -2.30. The highest BCUT2D eigenvalue weighted by atomic mass is 32.3. The van der Waals surface area contributed by atoms with Crippen molar-refractivity contribution in [1.29, 1.82) is 0 Å². The molecule has 1 fully saturated rings. The molecule has 0 unspecified atom stereocenters. The van der Waals surface area contributed by atoms with Crippen molar-refractivity contribution in [2.75, 3.05) is 19.6 Å². The van der Waals surface area contributed by atoms with Crippen LogP contribution in [0.2, 0.25) is 0 Å². The van der Waals surface area contributed by atoms with Crippen LogP contribution in [0.15, 0.2) is 0 Å². The number of halogens is 6. The molecule has 0 atom stereocenters. The quantitative estimate of drug-likeness (QED) is 0.636. The molecular weight excluding hydrogens is 402 g/mol. The molecule has 6 nitrogen and oxygen atoms in total. The van der Waals surface area contributed by atoms with Crippen LogP contribution >= 0.6 is 0 Å². The number of unbranched alkanes of at least 4 members (excludes halogenated alkanes) is 1. The average Bonchev–Trinajstić information content (AvgIpc) is 2.43. The Hall–Kier alpha value is -0.600. The van der Waals surface area contributed by atoms with Gasteiger partial charge in [0.05, 0.1) is 0 Å². The first kappa shape index (κ1) is 24.4. The molecule has 1 rings (SSSR count). The van der Waals surface area contributed by atoms with Crippen LogP contribution in [-0.4, -0.2) is 52.4 Å². The second kappa shape index (κ2) is 9.37. The monoisotopic (exact) mass is 421 g/mol. The maximum Gasteiger partial charge on any atom is 0.480 e. The lowest BCUT2D eigenvalue weighted by molar-refractivity contribution is -0.0444. The summed E-state index contributed by atoms with van der Waals surface area (Å²) in [5.74, 6) is 0. The van der Waals surface area contributed by atoms with Crippen molar-refractivity contribution >= 4 is 20.0 Å². The fraction of sp³-hybridized carbons (Fsp3) is 1.00. The first-order valence-corrected chi connectivity index (χ1v) is 10.1. The third kappa shape index (κ3) is 8.55. The third-order valence-corrected chi connectivity index (χ3v) is 5.80. The van der Waals surface area contributed by atoms with Gasteiger partial charge in [0.2, 0.25) is 0 Å². The van der Waals surface area contributed by atoms with E-state index >= 15 is 0 Å². The van der Waals surface area contributed by atoms with Crippen molar-refractivity contribution in [3.05, 3.63) is 4.13 Å². The van der Waals surface area contributed by atoms with E-state index in [2.05, 4.69) is 11.8 Å². The van der Waals surface area contributed by atoms with Crippen molar-refractivity contribution in [2.24, 2.45) is 0 Å². The molecule has 1 saturated heterocycles. The largest absolute Gasteiger partial charge is 0.480 e. The molecule has 0 spiro atoms. The van der Waals surface area contributed by atoms with E-state index in [4.69, 9.17) is 0 Å².